The molecule has 0 radical (unpaired) electrons. The lowest BCUT2D eigenvalue weighted by molar-refractivity contribution is 0.287. The molecular formula is C12H19Cl. The van der Waals surface area contributed by atoms with Gasteiger partial charge in [-0.15, -0.1) is 31.3 Å². The van der Waals surface area contributed by atoms with Gasteiger partial charge in [-0.05, 0) is 31.1 Å². The van der Waals surface area contributed by atoms with Crippen LogP contribution in [0, 0.1) is 5.41 Å². The molecule has 0 spiro atoms. The standard InChI is InChI=1S/C12H19Cl/c1-4-7-12(8-5-2,9-6-3)10-11-13/h4-6H,1-3,7-11H2. The van der Waals surface area contributed by atoms with Crippen LogP contribution in [0.3, 0.4) is 0 Å². The fourth-order valence-corrected chi connectivity index (χ4v) is 2.08. The molecule has 0 aliphatic carbocycles. The van der Waals surface area contributed by atoms with Crippen LogP contribution >= 0.6 is 11.6 Å². The van der Waals surface area contributed by atoms with Crippen LogP contribution in [0.5, 0.6) is 0 Å². The molecule has 0 aromatic rings. The minimum absolute atomic E-state index is 0.215. The second-order valence-electron chi connectivity index (χ2n) is 3.42. The molecule has 0 amide bonds. The highest BCUT2D eigenvalue weighted by atomic mass is 35.5. The van der Waals surface area contributed by atoms with E-state index in [1.54, 1.807) is 0 Å². The van der Waals surface area contributed by atoms with Crippen molar-refractivity contribution in [3.8, 4) is 0 Å². The Morgan fingerprint density at radius 2 is 1.31 bits per heavy atom. The van der Waals surface area contributed by atoms with E-state index in [1.807, 2.05) is 18.2 Å². The van der Waals surface area contributed by atoms with Crippen LogP contribution in [0.15, 0.2) is 38.0 Å². The van der Waals surface area contributed by atoms with Gasteiger partial charge in [0.05, 0.1) is 0 Å². The first-order chi connectivity index (χ1) is 6.24. The lowest BCUT2D eigenvalue weighted by Gasteiger charge is -2.30. The van der Waals surface area contributed by atoms with Gasteiger partial charge in [-0.25, -0.2) is 0 Å². The van der Waals surface area contributed by atoms with Crippen LogP contribution in [0.1, 0.15) is 25.7 Å². The molecule has 0 saturated carbocycles. The molecule has 0 nitrogen and oxygen atoms in total. The van der Waals surface area contributed by atoms with Crippen molar-refractivity contribution >= 4 is 11.6 Å². The molecule has 0 N–H and O–H groups in total. The Morgan fingerprint density at radius 3 is 1.54 bits per heavy atom. The number of halogens is 1. The van der Waals surface area contributed by atoms with Gasteiger partial charge in [0.25, 0.3) is 0 Å². The maximum atomic E-state index is 5.79. The van der Waals surface area contributed by atoms with Crippen molar-refractivity contribution < 1.29 is 0 Å². The van der Waals surface area contributed by atoms with Crippen molar-refractivity contribution in [1.82, 2.24) is 0 Å². The van der Waals surface area contributed by atoms with Crippen LogP contribution in [0.2, 0.25) is 0 Å². The number of alkyl halides is 1. The zero-order valence-electron chi connectivity index (χ0n) is 8.27. The lowest BCUT2D eigenvalue weighted by atomic mass is 9.76. The van der Waals surface area contributed by atoms with Crippen LogP contribution in [0.25, 0.3) is 0 Å². The van der Waals surface area contributed by atoms with Crippen molar-refractivity contribution in [1.29, 1.82) is 0 Å². The van der Waals surface area contributed by atoms with Crippen molar-refractivity contribution in [2.24, 2.45) is 5.41 Å². The van der Waals surface area contributed by atoms with Crippen LogP contribution in [-0.2, 0) is 0 Å². The number of rotatable bonds is 8. The van der Waals surface area contributed by atoms with Gasteiger partial charge in [-0.2, -0.15) is 0 Å². The Balaban J connectivity index is 4.44. The van der Waals surface area contributed by atoms with E-state index in [0.717, 1.165) is 25.7 Å². The topological polar surface area (TPSA) is 0 Å². The highest BCUT2D eigenvalue weighted by Gasteiger charge is 2.24. The van der Waals surface area contributed by atoms with Gasteiger partial charge in [0, 0.05) is 5.88 Å². The zero-order valence-corrected chi connectivity index (χ0v) is 9.02. The molecule has 0 fully saturated rings. The van der Waals surface area contributed by atoms with Crippen LogP contribution < -0.4 is 0 Å². The van der Waals surface area contributed by atoms with E-state index in [0.29, 0.717) is 5.88 Å². The van der Waals surface area contributed by atoms with E-state index in [1.165, 1.54) is 0 Å². The van der Waals surface area contributed by atoms with Crippen molar-refractivity contribution in [3.05, 3.63) is 38.0 Å². The molecule has 74 valence electrons. The highest BCUT2D eigenvalue weighted by Crippen LogP contribution is 2.36. The first-order valence-corrected chi connectivity index (χ1v) is 5.17. The quantitative estimate of drug-likeness (QED) is 0.402. The molecule has 0 aliphatic rings. The Morgan fingerprint density at radius 1 is 0.923 bits per heavy atom. The Bertz CT molecular complexity index is 143. The summed E-state index contributed by atoms with van der Waals surface area (Å²) in [5.41, 5.74) is 0.215. The Labute approximate surface area is 87.0 Å². The summed E-state index contributed by atoms with van der Waals surface area (Å²) in [4.78, 5) is 0. The molecule has 13 heavy (non-hydrogen) atoms. The molecule has 0 aromatic carbocycles. The SMILES string of the molecule is C=CCC(CC=C)(CC=C)CCCl. The van der Waals surface area contributed by atoms with Crippen molar-refractivity contribution in [2.75, 3.05) is 5.88 Å². The van der Waals surface area contributed by atoms with Gasteiger partial charge in [0.15, 0.2) is 0 Å². The monoisotopic (exact) mass is 198 g/mol. The van der Waals surface area contributed by atoms with E-state index in [9.17, 15) is 0 Å². The fourth-order valence-electron chi connectivity index (χ4n) is 1.68. The third kappa shape index (κ3) is 4.33. The van der Waals surface area contributed by atoms with Gasteiger partial charge in [-0.1, -0.05) is 18.2 Å². The van der Waals surface area contributed by atoms with E-state index in [4.69, 9.17) is 11.6 Å². The average molecular weight is 199 g/mol. The summed E-state index contributed by atoms with van der Waals surface area (Å²) in [6.45, 7) is 11.3. The first kappa shape index (κ1) is 12.5. The van der Waals surface area contributed by atoms with Gasteiger partial charge in [0.1, 0.15) is 0 Å². The Hall–Kier alpha value is -0.490. The third-order valence-corrected chi connectivity index (χ3v) is 2.55. The van der Waals surface area contributed by atoms with Gasteiger partial charge >= 0.3 is 0 Å². The van der Waals surface area contributed by atoms with Crippen LogP contribution in [-0.4, -0.2) is 5.88 Å². The van der Waals surface area contributed by atoms with Gasteiger partial charge < -0.3 is 0 Å². The summed E-state index contributed by atoms with van der Waals surface area (Å²) < 4.78 is 0. The largest absolute Gasteiger partial charge is 0.127 e. The molecule has 0 rings (SSSR count). The van der Waals surface area contributed by atoms with Gasteiger partial charge in [-0.3, -0.25) is 0 Å². The second-order valence-corrected chi connectivity index (χ2v) is 3.80. The molecule has 0 unspecified atom stereocenters. The fraction of sp³-hybridized carbons (Fsp3) is 0.500. The molecule has 0 aliphatic heterocycles. The summed E-state index contributed by atoms with van der Waals surface area (Å²) in [7, 11) is 0. The molecule has 0 heterocycles. The maximum absolute atomic E-state index is 5.79. The van der Waals surface area contributed by atoms with Crippen LogP contribution in [0.4, 0.5) is 0 Å². The summed E-state index contributed by atoms with van der Waals surface area (Å²) in [6, 6.07) is 0. The van der Waals surface area contributed by atoms with Gasteiger partial charge in [0.2, 0.25) is 0 Å². The summed E-state index contributed by atoms with van der Waals surface area (Å²) >= 11 is 5.79. The number of allylic oxidation sites excluding steroid dienone is 3. The molecule has 0 bridgehead atoms. The van der Waals surface area contributed by atoms with Crippen molar-refractivity contribution in [2.45, 2.75) is 25.7 Å². The summed E-state index contributed by atoms with van der Waals surface area (Å²) in [5.74, 6) is 0.690. The van der Waals surface area contributed by atoms with E-state index >= 15 is 0 Å². The smallest absolute Gasteiger partial charge is 0.0229 e. The van der Waals surface area contributed by atoms with Crippen molar-refractivity contribution in [3.63, 3.8) is 0 Å². The molecule has 0 atom stereocenters. The molecule has 0 saturated heterocycles. The summed E-state index contributed by atoms with van der Waals surface area (Å²) in [6.07, 6.45) is 9.82. The van der Waals surface area contributed by atoms with E-state index in [2.05, 4.69) is 19.7 Å². The lowest BCUT2D eigenvalue weighted by Crippen LogP contribution is -2.19. The highest BCUT2D eigenvalue weighted by molar-refractivity contribution is 6.17. The zero-order chi connectivity index (χ0) is 10.2. The second kappa shape index (κ2) is 6.97. The van der Waals surface area contributed by atoms with E-state index < -0.39 is 0 Å². The molecule has 1 heteroatoms. The molecular weight excluding hydrogens is 180 g/mol. The minimum Gasteiger partial charge on any atom is -0.127 e. The number of hydrogen-bond donors (Lipinski definition) is 0. The minimum atomic E-state index is 0.215. The maximum Gasteiger partial charge on any atom is 0.0229 e. The Kier molecular flexibility index (Phi) is 6.70. The van der Waals surface area contributed by atoms with E-state index in [-0.39, 0.29) is 5.41 Å². The molecule has 0 aromatic heterocycles. The third-order valence-electron chi connectivity index (χ3n) is 2.36. The number of hydrogen-bond acceptors (Lipinski definition) is 0. The average Bonchev–Trinajstić information content (AvgIpc) is 2.06. The first-order valence-electron chi connectivity index (χ1n) is 4.63. The predicted molar refractivity (Wildman–Crippen MR) is 62.2 cm³/mol. The predicted octanol–water partition coefficient (Wildman–Crippen LogP) is 4.33. The normalized spacial score (nSPS) is 10.8. The summed E-state index contributed by atoms with van der Waals surface area (Å²) in [5, 5.41) is 0.